The fourth-order valence-electron chi connectivity index (χ4n) is 1.58. The lowest BCUT2D eigenvalue weighted by molar-refractivity contribution is -0.137. The number of halogens is 4. The minimum Gasteiger partial charge on any atom is -0.366 e. The summed E-state index contributed by atoms with van der Waals surface area (Å²) in [5.74, 6) is 0.315. The van der Waals surface area contributed by atoms with Crippen LogP contribution < -0.4 is 5.32 Å². The lowest BCUT2D eigenvalue weighted by Gasteiger charge is -2.11. The molecule has 1 unspecified atom stereocenters. The Morgan fingerprint density at radius 3 is 2.47 bits per heavy atom. The van der Waals surface area contributed by atoms with Gasteiger partial charge >= 0.3 is 6.18 Å². The van der Waals surface area contributed by atoms with Gasteiger partial charge in [-0.25, -0.2) is 4.98 Å². The lowest BCUT2D eigenvalue weighted by atomic mass is 10.2. The molecule has 1 N–H and O–H groups in total. The van der Waals surface area contributed by atoms with E-state index in [-0.39, 0.29) is 16.5 Å². The van der Waals surface area contributed by atoms with E-state index in [1.165, 1.54) is 0 Å². The van der Waals surface area contributed by atoms with Crippen molar-refractivity contribution >= 4 is 17.4 Å². The van der Waals surface area contributed by atoms with Crippen LogP contribution in [0.4, 0.5) is 19.0 Å². The molecule has 2 nitrogen and oxygen atoms in total. The highest BCUT2D eigenvalue weighted by Crippen LogP contribution is 2.47. The van der Waals surface area contributed by atoms with Gasteiger partial charge < -0.3 is 5.32 Å². The van der Waals surface area contributed by atoms with E-state index >= 15 is 0 Å². The highest BCUT2D eigenvalue weighted by atomic mass is 35.5. The molecule has 0 saturated heterocycles. The van der Waals surface area contributed by atoms with Gasteiger partial charge in [-0.05, 0) is 17.9 Å². The number of nitrogens with one attached hydrogen (secondary N) is 1. The number of aromatic nitrogens is 1. The van der Waals surface area contributed by atoms with Crippen molar-refractivity contribution in [3.63, 3.8) is 0 Å². The minimum absolute atomic E-state index is 0.00234. The van der Waals surface area contributed by atoms with Crippen LogP contribution in [0, 0.1) is 5.41 Å². The molecule has 0 spiro atoms. The molecule has 1 saturated carbocycles. The van der Waals surface area contributed by atoms with Gasteiger partial charge in [-0.3, -0.25) is 0 Å². The van der Waals surface area contributed by atoms with Gasteiger partial charge in [0, 0.05) is 12.2 Å². The molecule has 0 bridgehead atoms. The third-order valence-electron chi connectivity index (χ3n) is 2.99. The Kier molecular flexibility index (Phi) is 2.77. The molecule has 94 valence electrons. The van der Waals surface area contributed by atoms with Gasteiger partial charge in [0.1, 0.15) is 5.82 Å². The van der Waals surface area contributed by atoms with Gasteiger partial charge in [0.25, 0.3) is 0 Å². The zero-order valence-corrected chi connectivity index (χ0v) is 10.2. The van der Waals surface area contributed by atoms with Crippen LogP contribution in [0.25, 0.3) is 0 Å². The highest BCUT2D eigenvalue weighted by Gasteiger charge is 2.46. The standard InChI is InChI=1S/C11H12ClF3N2/c1-10(2)4-8(10)17-9-7(12)3-6(5-16-9)11(13,14)15/h3,5,8H,4H2,1-2H3,(H,16,17). The van der Waals surface area contributed by atoms with Crippen LogP contribution >= 0.6 is 11.6 Å². The molecule has 1 fully saturated rings. The van der Waals surface area contributed by atoms with Gasteiger partial charge in [0.15, 0.2) is 0 Å². The minimum atomic E-state index is -4.41. The van der Waals surface area contributed by atoms with Crippen molar-refractivity contribution in [2.24, 2.45) is 5.41 Å². The first-order valence-corrected chi connectivity index (χ1v) is 5.57. The van der Waals surface area contributed by atoms with E-state index in [4.69, 9.17) is 11.6 Å². The van der Waals surface area contributed by atoms with Gasteiger partial charge in [-0.2, -0.15) is 13.2 Å². The van der Waals surface area contributed by atoms with Crippen molar-refractivity contribution in [2.75, 3.05) is 5.32 Å². The second kappa shape index (κ2) is 3.77. The second-order valence-corrected chi connectivity index (χ2v) is 5.35. The summed E-state index contributed by atoms with van der Waals surface area (Å²) in [5, 5.41) is 3.05. The van der Waals surface area contributed by atoms with Crippen LogP contribution in [-0.2, 0) is 6.18 Å². The summed E-state index contributed by atoms with van der Waals surface area (Å²) >= 11 is 5.78. The average Bonchev–Trinajstić information content (AvgIpc) is 2.75. The topological polar surface area (TPSA) is 24.9 Å². The van der Waals surface area contributed by atoms with Crippen LogP contribution in [-0.4, -0.2) is 11.0 Å². The Bertz CT molecular complexity index is 443. The zero-order chi connectivity index (χ0) is 12.8. The van der Waals surface area contributed by atoms with Crippen molar-refractivity contribution in [3.8, 4) is 0 Å². The van der Waals surface area contributed by atoms with Crippen molar-refractivity contribution < 1.29 is 13.2 Å². The first kappa shape index (κ1) is 12.5. The summed E-state index contributed by atoms with van der Waals surface area (Å²) in [5.41, 5.74) is -0.670. The Morgan fingerprint density at radius 2 is 2.06 bits per heavy atom. The van der Waals surface area contributed by atoms with Crippen molar-refractivity contribution in [3.05, 3.63) is 22.8 Å². The van der Waals surface area contributed by atoms with Crippen LogP contribution in [0.2, 0.25) is 5.02 Å². The SMILES string of the molecule is CC1(C)CC1Nc1ncc(C(F)(F)F)cc1Cl. The van der Waals surface area contributed by atoms with E-state index in [0.29, 0.717) is 5.82 Å². The van der Waals surface area contributed by atoms with Crippen molar-refractivity contribution in [1.82, 2.24) is 4.98 Å². The molecule has 0 amide bonds. The fourth-order valence-corrected chi connectivity index (χ4v) is 1.80. The van der Waals surface area contributed by atoms with E-state index in [0.717, 1.165) is 18.7 Å². The smallest absolute Gasteiger partial charge is 0.366 e. The molecule has 0 radical (unpaired) electrons. The van der Waals surface area contributed by atoms with Crippen LogP contribution in [0.5, 0.6) is 0 Å². The highest BCUT2D eigenvalue weighted by molar-refractivity contribution is 6.33. The predicted octanol–water partition coefficient (Wildman–Crippen LogP) is 3.96. The van der Waals surface area contributed by atoms with Crippen LogP contribution in [0.3, 0.4) is 0 Å². The van der Waals surface area contributed by atoms with Crippen LogP contribution in [0.1, 0.15) is 25.8 Å². The molecule has 0 aliphatic heterocycles. The largest absolute Gasteiger partial charge is 0.417 e. The van der Waals surface area contributed by atoms with E-state index < -0.39 is 11.7 Å². The maximum atomic E-state index is 12.4. The number of hydrogen-bond donors (Lipinski definition) is 1. The molecule has 1 aliphatic carbocycles. The van der Waals surface area contributed by atoms with E-state index in [1.54, 1.807) is 0 Å². The van der Waals surface area contributed by atoms with Crippen molar-refractivity contribution in [2.45, 2.75) is 32.5 Å². The van der Waals surface area contributed by atoms with Crippen LogP contribution in [0.15, 0.2) is 12.3 Å². The summed E-state index contributed by atoms with van der Waals surface area (Å²) in [6, 6.07) is 1.12. The first-order chi connectivity index (χ1) is 7.70. The number of alkyl halides is 3. The Morgan fingerprint density at radius 1 is 1.47 bits per heavy atom. The molecule has 17 heavy (non-hydrogen) atoms. The number of nitrogens with zero attached hydrogens (tertiary/aromatic N) is 1. The number of anilines is 1. The van der Waals surface area contributed by atoms with E-state index in [1.807, 2.05) is 0 Å². The summed E-state index contributed by atoms with van der Waals surface area (Å²) in [7, 11) is 0. The maximum absolute atomic E-state index is 12.4. The summed E-state index contributed by atoms with van der Waals surface area (Å²) in [6.07, 6.45) is -2.65. The summed E-state index contributed by atoms with van der Waals surface area (Å²) < 4.78 is 37.1. The third kappa shape index (κ3) is 2.65. The molecule has 0 aromatic carbocycles. The van der Waals surface area contributed by atoms with Gasteiger partial charge in [-0.1, -0.05) is 25.4 Å². The van der Waals surface area contributed by atoms with E-state index in [2.05, 4.69) is 24.1 Å². The molecule has 1 aromatic heterocycles. The van der Waals surface area contributed by atoms with Gasteiger partial charge in [-0.15, -0.1) is 0 Å². The molecule has 2 rings (SSSR count). The molecule has 6 heteroatoms. The Labute approximate surface area is 102 Å². The number of hydrogen-bond acceptors (Lipinski definition) is 2. The second-order valence-electron chi connectivity index (χ2n) is 4.94. The normalized spacial score (nSPS) is 22.4. The number of rotatable bonds is 2. The van der Waals surface area contributed by atoms with Crippen molar-refractivity contribution in [1.29, 1.82) is 0 Å². The fraction of sp³-hybridized carbons (Fsp3) is 0.545. The van der Waals surface area contributed by atoms with Gasteiger partial charge in [0.2, 0.25) is 0 Å². The summed E-state index contributed by atoms with van der Waals surface area (Å²) in [6.45, 7) is 4.14. The first-order valence-electron chi connectivity index (χ1n) is 5.19. The Hall–Kier alpha value is -0.970. The molecular formula is C11H12ClF3N2. The molecule has 1 aliphatic rings. The Balaban J connectivity index is 2.16. The van der Waals surface area contributed by atoms with E-state index in [9.17, 15) is 13.2 Å². The molecule has 1 aromatic rings. The number of pyridine rings is 1. The maximum Gasteiger partial charge on any atom is 0.417 e. The molecule has 1 heterocycles. The quantitative estimate of drug-likeness (QED) is 0.874. The monoisotopic (exact) mass is 264 g/mol. The van der Waals surface area contributed by atoms with Gasteiger partial charge in [0.05, 0.1) is 10.6 Å². The molecular weight excluding hydrogens is 253 g/mol. The zero-order valence-electron chi connectivity index (χ0n) is 9.40. The molecule has 1 atom stereocenters. The lowest BCUT2D eigenvalue weighted by Crippen LogP contribution is -2.12. The predicted molar refractivity (Wildman–Crippen MR) is 60.1 cm³/mol. The summed E-state index contributed by atoms with van der Waals surface area (Å²) in [4.78, 5) is 3.73. The third-order valence-corrected chi connectivity index (χ3v) is 3.28. The average molecular weight is 265 g/mol.